The number of carboxylic acid groups (broad SMARTS) is 1. The fourth-order valence-corrected chi connectivity index (χ4v) is 2.67. The van der Waals surface area contributed by atoms with Crippen molar-refractivity contribution in [2.75, 3.05) is 12.3 Å². The quantitative estimate of drug-likeness (QED) is 0.0495. The number of aliphatic hydroxyl groups excluding tert-OH is 2. The lowest BCUT2D eigenvalue weighted by Gasteiger charge is -2.26. The highest BCUT2D eigenvalue weighted by molar-refractivity contribution is 7.80. The number of amides is 3. The highest BCUT2D eigenvalue weighted by atomic mass is 32.1. The first kappa shape index (κ1) is 29.4. The van der Waals surface area contributed by atoms with Crippen LogP contribution in [0, 0.1) is 0 Å². The van der Waals surface area contributed by atoms with E-state index < -0.39 is 60.1 Å². The molecule has 0 aromatic rings. The van der Waals surface area contributed by atoms with Crippen LogP contribution in [0.2, 0.25) is 0 Å². The predicted molar refractivity (Wildman–Crippen MR) is 119 cm³/mol. The Morgan fingerprint density at radius 2 is 1.47 bits per heavy atom. The van der Waals surface area contributed by atoms with Crippen LogP contribution in [-0.2, 0) is 19.2 Å². The summed E-state index contributed by atoms with van der Waals surface area (Å²) in [5.74, 6) is -4.36. The third-order valence-corrected chi connectivity index (χ3v) is 4.59. The second-order valence-electron chi connectivity index (χ2n) is 7.09. The van der Waals surface area contributed by atoms with Crippen LogP contribution < -0.4 is 33.2 Å². The molecule has 0 fully saturated rings. The number of guanidine groups is 1. The minimum atomic E-state index is -1.61. The number of aliphatic imine (C=N–C) groups is 1. The molecule has 3 amide bonds. The zero-order chi connectivity index (χ0) is 25.0. The third-order valence-electron chi connectivity index (χ3n) is 4.23. The maximum atomic E-state index is 12.6. The van der Waals surface area contributed by atoms with Crippen LogP contribution in [0.5, 0.6) is 0 Å². The number of thiol groups is 1. The van der Waals surface area contributed by atoms with Crippen molar-refractivity contribution >= 4 is 42.3 Å². The Labute approximate surface area is 190 Å². The molecule has 0 bridgehead atoms. The van der Waals surface area contributed by atoms with Gasteiger partial charge in [-0.25, -0.2) is 4.79 Å². The Morgan fingerprint density at radius 3 is 1.91 bits per heavy atom. The Hall–Kier alpha value is -2.62. The summed E-state index contributed by atoms with van der Waals surface area (Å²) < 4.78 is 0. The van der Waals surface area contributed by atoms with Gasteiger partial charge < -0.3 is 48.5 Å². The van der Waals surface area contributed by atoms with Crippen LogP contribution in [0.3, 0.4) is 0 Å². The molecule has 0 aliphatic heterocycles. The molecule has 0 radical (unpaired) electrons. The molecule has 0 saturated heterocycles. The minimum absolute atomic E-state index is 0.0974. The average molecular weight is 480 g/mol. The van der Waals surface area contributed by atoms with Crippen molar-refractivity contribution < 1.29 is 34.5 Å². The molecule has 0 spiro atoms. The Kier molecular flexibility index (Phi) is 13.3. The zero-order valence-electron chi connectivity index (χ0n) is 17.9. The van der Waals surface area contributed by atoms with Gasteiger partial charge in [0.1, 0.15) is 12.1 Å². The topological polar surface area (TPSA) is 255 Å². The Bertz CT molecular complexity index is 686. The molecular weight excluding hydrogens is 446 g/mol. The predicted octanol–water partition coefficient (Wildman–Crippen LogP) is -4.40. The summed E-state index contributed by atoms with van der Waals surface area (Å²) in [5, 5.41) is 35.1. The fraction of sp³-hybridized carbons (Fsp3) is 0.706. The van der Waals surface area contributed by atoms with Gasteiger partial charge in [0.15, 0.2) is 12.0 Å². The van der Waals surface area contributed by atoms with Gasteiger partial charge in [-0.1, -0.05) is 0 Å². The summed E-state index contributed by atoms with van der Waals surface area (Å²) >= 11 is 3.96. The smallest absolute Gasteiger partial charge is 0.328 e. The first-order valence-electron chi connectivity index (χ1n) is 9.73. The SMILES string of the molecule is CC(O)C(NC(=O)C(CS)NC(=O)C(NC(=O)C(N)CCCN=C(N)N)C(C)O)C(=O)O. The molecule has 0 aliphatic rings. The van der Waals surface area contributed by atoms with Gasteiger partial charge in [-0.05, 0) is 26.7 Å². The van der Waals surface area contributed by atoms with Gasteiger partial charge in [-0.15, -0.1) is 0 Å². The lowest BCUT2D eigenvalue weighted by Crippen LogP contribution is -2.60. The number of rotatable bonds is 14. The van der Waals surface area contributed by atoms with Crippen LogP contribution in [0.4, 0.5) is 0 Å². The van der Waals surface area contributed by atoms with E-state index in [2.05, 4.69) is 33.6 Å². The van der Waals surface area contributed by atoms with Crippen LogP contribution in [-0.4, -0.2) is 93.6 Å². The number of carboxylic acids is 1. The molecule has 0 saturated carbocycles. The number of aliphatic hydroxyl groups is 2. The first-order valence-corrected chi connectivity index (χ1v) is 10.4. The summed E-state index contributed by atoms with van der Waals surface area (Å²) in [7, 11) is 0. The third kappa shape index (κ3) is 10.6. The number of nitrogens with zero attached hydrogens (tertiary/aromatic N) is 1. The molecule has 32 heavy (non-hydrogen) atoms. The highest BCUT2D eigenvalue weighted by Gasteiger charge is 2.32. The normalized spacial score (nSPS) is 16.4. The molecule has 6 atom stereocenters. The van der Waals surface area contributed by atoms with E-state index in [-0.39, 0.29) is 24.7 Å². The fourth-order valence-electron chi connectivity index (χ4n) is 2.41. The van der Waals surface area contributed by atoms with Gasteiger partial charge in [0.2, 0.25) is 17.7 Å². The molecule has 12 N–H and O–H groups in total. The summed E-state index contributed by atoms with van der Waals surface area (Å²) in [5.41, 5.74) is 16.2. The number of carbonyl (C=O) groups excluding carboxylic acids is 3. The van der Waals surface area contributed by atoms with Gasteiger partial charge in [0.25, 0.3) is 0 Å². The summed E-state index contributed by atoms with van der Waals surface area (Å²) in [6.07, 6.45) is -2.14. The summed E-state index contributed by atoms with van der Waals surface area (Å²) in [4.78, 5) is 52.0. The van der Waals surface area contributed by atoms with Crippen molar-refractivity contribution in [1.29, 1.82) is 0 Å². The number of hydrogen-bond acceptors (Lipinski definition) is 9. The lowest BCUT2D eigenvalue weighted by molar-refractivity contribution is -0.145. The van der Waals surface area contributed by atoms with Gasteiger partial charge in [0, 0.05) is 12.3 Å². The molecule has 0 aromatic heterocycles. The van der Waals surface area contributed by atoms with Crippen LogP contribution >= 0.6 is 12.6 Å². The van der Waals surface area contributed by atoms with E-state index in [1.165, 1.54) is 13.8 Å². The molecule has 15 heteroatoms. The standard InChI is InChI=1S/C17H33N7O7S/c1-7(25)11(23-13(27)9(18)4-3-5-21-17(19)20)15(29)22-10(6-32)14(28)24-12(8(2)26)16(30)31/h7-12,25-26,32H,3-6,18H2,1-2H3,(H,22,29)(H,23,27)(H,24,28)(H,30,31)(H4,19,20,21). The van der Waals surface area contributed by atoms with Gasteiger partial charge in [-0.2, -0.15) is 12.6 Å². The van der Waals surface area contributed by atoms with Crippen molar-refractivity contribution in [2.24, 2.45) is 22.2 Å². The molecule has 184 valence electrons. The van der Waals surface area contributed by atoms with E-state index in [1.54, 1.807) is 0 Å². The second-order valence-corrected chi connectivity index (χ2v) is 7.46. The molecule has 0 aliphatic carbocycles. The number of nitrogens with one attached hydrogen (secondary N) is 3. The minimum Gasteiger partial charge on any atom is -0.480 e. The van der Waals surface area contributed by atoms with Gasteiger partial charge in [0.05, 0.1) is 18.2 Å². The molecule has 0 aromatic carbocycles. The van der Waals surface area contributed by atoms with E-state index >= 15 is 0 Å². The Morgan fingerprint density at radius 1 is 0.938 bits per heavy atom. The monoisotopic (exact) mass is 479 g/mol. The molecule has 0 heterocycles. The van der Waals surface area contributed by atoms with E-state index in [4.69, 9.17) is 22.3 Å². The first-order chi connectivity index (χ1) is 14.8. The number of aliphatic carboxylic acids is 1. The van der Waals surface area contributed by atoms with Crippen molar-refractivity contribution in [3.63, 3.8) is 0 Å². The Balaban J connectivity index is 5.05. The van der Waals surface area contributed by atoms with Crippen LogP contribution in [0.15, 0.2) is 4.99 Å². The average Bonchev–Trinajstić information content (AvgIpc) is 2.69. The molecule has 14 nitrogen and oxygen atoms in total. The van der Waals surface area contributed by atoms with E-state index in [1.807, 2.05) is 0 Å². The number of nitrogens with two attached hydrogens (primary N) is 3. The van der Waals surface area contributed by atoms with E-state index in [9.17, 15) is 29.4 Å². The lowest BCUT2D eigenvalue weighted by atomic mass is 10.1. The molecule has 6 unspecified atom stereocenters. The van der Waals surface area contributed by atoms with Crippen molar-refractivity contribution in [1.82, 2.24) is 16.0 Å². The summed E-state index contributed by atoms with van der Waals surface area (Å²) in [6, 6.07) is -5.37. The van der Waals surface area contributed by atoms with E-state index in [0.717, 1.165) is 0 Å². The highest BCUT2D eigenvalue weighted by Crippen LogP contribution is 2.02. The summed E-state index contributed by atoms with van der Waals surface area (Å²) in [6.45, 7) is 2.68. The van der Waals surface area contributed by atoms with Crippen molar-refractivity contribution in [3.05, 3.63) is 0 Å². The second kappa shape index (κ2) is 14.4. The van der Waals surface area contributed by atoms with E-state index in [0.29, 0.717) is 6.42 Å². The zero-order valence-corrected chi connectivity index (χ0v) is 18.8. The van der Waals surface area contributed by atoms with Crippen molar-refractivity contribution in [2.45, 2.75) is 63.1 Å². The maximum Gasteiger partial charge on any atom is 0.328 e. The largest absolute Gasteiger partial charge is 0.480 e. The number of carbonyl (C=O) groups is 4. The van der Waals surface area contributed by atoms with Crippen LogP contribution in [0.25, 0.3) is 0 Å². The number of hydrogen-bond donors (Lipinski definition) is 10. The van der Waals surface area contributed by atoms with Crippen LogP contribution in [0.1, 0.15) is 26.7 Å². The van der Waals surface area contributed by atoms with Gasteiger partial charge in [-0.3, -0.25) is 19.4 Å². The molecular formula is C17H33N7O7S. The van der Waals surface area contributed by atoms with Gasteiger partial charge >= 0.3 is 5.97 Å². The maximum absolute atomic E-state index is 12.6. The molecule has 0 rings (SSSR count). The van der Waals surface area contributed by atoms with Crippen molar-refractivity contribution in [3.8, 4) is 0 Å².